The van der Waals surface area contributed by atoms with Crippen molar-refractivity contribution in [3.63, 3.8) is 0 Å². The molecule has 0 saturated carbocycles. The molecule has 0 aliphatic carbocycles. The number of H-pyrrole nitrogens is 1. The highest BCUT2D eigenvalue weighted by molar-refractivity contribution is 7.27. The molecule has 0 radical (unpaired) electrons. The molecule has 2 rings (SSSR count). The van der Waals surface area contributed by atoms with Crippen molar-refractivity contribution in [2.24, 2.45) is 0 Å². The molecule has 0 amide bonds. The number of fused-ring (bicyclic) bond motifs is 1. The summed E-state index contributed by atoms with van der Waals surface area (Å²) >= 11 is 0. The Labute approximate surface area is 60.9 Å². The molecule has 1 N–H and O–H groups in total. The van der Waals surface area contributed by atoms with Gasteiger partial charge in [0.2, 0.25) is 0 Å². The first kappa shape index (κ1) is 5.87. The lowest BCUT2D eigenvalue weighted by Crippen LogP contribution is -1.86. The monoisotopic (exact) mass is 150 g/mol. The number of imidazole rings is 1. The molecule has 0 fully saturated rings. The molecule has 0 aliphatic rings. The first-order valence-electron chi connectivity index (χ1n) is 3.05. The number of hydrogen-bond acceptors (Lipinski definition) is 1. The van der Waals surface area contributed by atoms with Gasteiger partial charge in [0.15, 0.2) is 0 Å². The van der Waals surface area contributed by atoms with Crippen LogP contribution in [0.25, 0.3) is 11.0 Å². The van der Waals surface area contributed by atoms with Crippen molar-refractivity contribution in [2.75, 3.05) is 0 Å². The molecule has 3 heteroatoms. The van der Waals surface area contributed by atoms with Gasteiger partial charge in [0, 0.05) is 0 Å². The number of aromatic amines is 1. The number of nitrogens with zero attached hydrogens (tertiary/aromatic N) is 1. The Kier molecular flexibility index (Phi) is 1.21. The summed E-state index contributed by atoms with van der Waals surface area (Å²) in [6.45, 7) is 0. The minimum absolute atomic E-state index is 1.02. The topological polar surface area (TPSA) is 28.7 Å². The van der Waals surface area contributed by atoms with Gasteiger partial charge in [0.05, 0.1) is 17.4 Å². The van der Waals surface area contributed by atoms with E-state index in [1.54, 1.807) is 6.33 Å². The van der Waals surface area contributed by atoms with Crippen LogP contribution in [0.1, 0.15) is 0 Å². The summed E-state index contributed by atoms with van der Waals surface area (Å²) in [5.74, 6) is 0. The maximum Gasteiger partial charge on any atom is 0.0931 e. The maximum atomic E-state index is 4.10. The quantitative estimate of drug-likeness (QED) is 0.559. The van der Waals surface area contributed by atoms with Crippen molar-refractivity contribution in [1.82, 2.24) is 9.97 Å². The lowest BCUT2D eigenvalue weighted by Gasteiger charge is -1.89. The summed E-state index contributed by atoms with van der Waals surface area (Å²) in [6, 6.07) is 6.06. The van der Waals surface area contributed by atoms with Crippen LogP contribution in [-0.4, -0.2) is 9.97 Å². The Bertz CT molecular complexity index is 353. The van der Waals surface area contributed by atoms with E-state index >= 15 is 0 Å². The first-order chi connectivity index (χ1) is 4.86. The summed E-state index contributed by atoms with van der Waals surface area (Å²) in [5.41, 5.74) is 2.11. The summed E-state index contributed by atoms with van der Waals surface area (Å²) < 4.78 is 0. The van der Waals surface area contributed by atoms with E-state index in [9.17, 15) is 0 Å². The second kappa shape index (κ2) is 2.06. The van der Waals surface area contributed by atoms with Crippen LogP contribution in [0.15, 0.2) is 24.5 Å². The molecular weight excluding hydrogens is 143 g/mol. The molecule has 0 aliphatic heterocycles. The second-order valence-electron chi connectivity index (χ2n) is 2.18. The van der Waals surface area contributed by atoms with E-state index in [1.807, 2.05) is 18.2 Å². The molecule has 0 saturated heterocycles. The van der Waals surface area contributed by atoms with Gasteiger partial charge in [0.25, 0.3) is 0 Å². The minimum atomic E-state index is 1.02. The van der Waals surface area contributed by atoms with Gasteiger partial charge < -0.3 is 4.98 Å². The zero-order chi connectivity index (χ0) is 6.97. The standard InChI is InChI=1S/C7H7N2P/c10-5-1-2-6-7(3-5)9-4-8-6/h1-4H,10H2,(H,8,9). The molecule has 0 bridgehead atoms. The van der Waals surface area contributed by atoms with Crippen molar-refractivity contribution >= 4 is 25.6 Å². The third-order valence-electron chi connectivity index (χ3n) is 1.44. The van der Waals surface area contributed by atoms with Crippen molar-refractivity contribution in [2.45, 2.75) is 0 Å². The van der Waals surface area contributed by atoms with Gasteiger partial charge in [-0.25, -0.2) is 4.98 Å². The smallest absolute Gasteiger partial charge is 0.0931 e. The molecule has 10 heavy (non-hydrogen) atoms. The molecule has 0 spiro atoms. The highest BCUT2D eigenvalue weighted by atomic mass is 31.0. The Hall–Kier alpha value is -0.880. The van der Waals surface area contributed by atoms with Crippen LogP contribution >= 0.6 is 9.24 Å². The van der Waals surface area contributed by atoms with Crippen LogP contribution in [0.3, 0.4) is 0 Å². The number of benzene rings is 1. The molecule has 2 nitrogen and oxygen atoms in total. The normalized spacial score (nSPS) is 10.5. The number of hydrogen-bond donors (Lipinski definition) is 1. The van der Waals surface area contributed by atoms with Crippen molar-refractivity contribution in [3.05, 3.63) is 24.5 Å². The fourth-order valence-electron chi connectivity index (χ4n) is 0.953. The summed E-state index contributed by atoms with van der Waals surface area (Å²) in [4.78, 5) is 7.13. The van der Waals surface area contributed by atoms with Gasteiger partial charge in [-0.15, -0.1) is 9.24 Å². The second-order valence-corrected chi connectivity index (χ2v) is 2.85. The van der Waals surface area contributed by atoms with Crippen molar-refractivity contribution in [1.29, 1.82) is 0 Å². The van der Waals surface area contributed by atoms with Gasteiger partial charge in [0.1, 0.15) is 0 Å². The third kappa shape index (κ3) is 0.812. The van der Waals surface area contributed by atoms with Gasteiger partial charge >= 0.3 is 0 Å². The molecule has 1 atom stereocenters. The molecule has 1 aromatic carbocycles. The summed E-state index contributed by atoms with van der Waals surface area (Å²) in [6.07, 6.45) is 1.70. The average Bonchev–Trinajstić information content (AvgIpc) is 2.33. The summed E-state index contributed by atoms with van der Waals surface area (Å²) in [7, 11) is 2.65. The average molecular weight is 150 g/mol. The number of aromatic nitrogens is 2. The van der Waals surface area contributed by atoms with Crippen molar-refractivity contribution in [3.8, 4) is 0 Å². The van der Waals surface area contributed by atoms with Crippen LogP contribution in [0, 0.1) is 0 Å². The van der Waals surface area contributed by atoms with Gasteiger partial charge in [-0.2, -0.15) is 0 Å². The van der Waals surface area contributed by atoms with Crippen LogP contribution < -0.4 is 5.30 Å². The number of nitrogens with one attached hydrogen (secondary N) is 1. The molecule has 1 heterocycles. The van der Waals surface area contributed by atoms with Crippen LogP contribution in [-0.2, 0) is 0 Å². The zero-order valence-corrected chi connectivity index (χ0v) is 6.49. The summed E-state index contributed by atoms with van der Waals surface area (Å²) in [5, 5.41) is 1.18. The largest absolute Gasteiger partial charge is 0.345 e. The first-order valence-corrected chi connectivity index (χ1v) is 3.62. The van der Waals surface area contributed by atoms with E-state index in [2.05, 4.69) is 19.2 Å². The van der Waals surface area contributed by atoms with Crippen LogP contribution in [0.2, 0.25) is 0 Å². The van der Waals surface area contributed by atoms with Crippen molar-refractivity contribution < 1.29 is 0 Å². The fraction of sp³-hybridized carbons (Fsp3) is 0. The fourth-order valence-corrected chi connectivity index (χ4v) is 1.22. The highest BCUT2D eigenvalue weighted by Crippen LogP contribution is 2.06. The minimum Gasteiger partial charge on any atom is -0.345 e. The highest BCUT2D eigenvalue weighted by Gasteiger charge is 1.92. The van der Waals surface area contributed by atoms with Crippen LogP contribution in [0.4, 0.5) is 0 Å². The lowest BCUT2D eigenvalue weighted by molar-refractivity contribution is 1.34. The Morgan fingerprint density at radius 2 is 2.30 bits per heavy atom. The van der Waals surface area contributed by atoms with E-state index in [4.69, 9.17) is 0 Å². The third-order valence-corrected chi connectivity index (χ3v) is 1.80. The van der Waals surface area contributed by atoms with E-state index < -0.39 is 0 Å². The molecule has 50 valence electrons. The van der Waals surface area contributed by atoms with Crippen LogP contribution in [0.5, 0.6) is 0 Å². The molecule has 2 aromatic rings. The van der Waals surface area contributed by atoms with E-state index in [1.165, 1.54) is 5.30 Å². The Morgan fingerprint density at radius 3 is 3.20 bits per heavy atom. The predicted molar refractivity (Wildman–Crippen MR) is 45.4 cm³/mol. The molecule has 1 unspecified atom stereocenters. The molecular formula is C7H7N2P. The lowest BCUT2D eigenvalue weighted by atomic mass is 10.3. The maximum absolute atomic E-state index is 4.10. The van der Waals surface area contributed by atoms with E-state index in [0.29, 0.717) is 0 Å². The van der Waals surface area contributed by atoms with E-state index in [-0.39, 0.29) is 0 Å². The van der Waals surface area contributed by atoms with Gasteiger partial charge in [-0.3, -0.25) is 0 Å². The number of rotatable bonds is 0. The van der Waals surface area contributed by atoms with Gasteiger partial charge in [-0.05, 0) is 17.4 Å². The predicted octanol–water partition coefficient (Wildman–Crippen LogP) is 1.06. The Morgan fingerprint density at radius 1 is 1.40 bits per heavy atom. The Balaban J connectivity index is 2.86. The van der Waals surface area contributed by atoms with Gasteiger partial charge in [-0.1, -0.05) is 6.07 Å². The van der Waals surface area contributed by atoms with E-state index in [0.717, 1.165) is 11.0 Å². The molecule has 1 aromatic heterocycles. The zero-order valence-electron chi connectivity index (χ0n) is 5.33. The SMILES string of the molecule is Pc1ccc2nc[nH]c2c1.